The number of anilines is 2. The Balaban J connectivity index is 1.73. The van der Waals surface area contributed by atoms with E-state index in [4.69, 9.17) is 0 Å². The molecule has 0 aromatic heterocycles. The fourth-order valence-electron chi connectivity index (χ4n) is 2.50. The third-order valence-electron chi connectivity index (χ3n) is 4.25. The fourth-order valence-corrected chi connectivity index (χ4v) is 3.55. The van der Waals surface area contributed by atoms with Crippen molar-refractivity contribution in [1.82, 2.24) is 0 Å². The van der Waals surface area contributed by atoms with Crippen molar-refractivity contribution in [2.45, 2.75) is 18.7 Å². The fraction of sp³-hybridized carbons (Fsp3) is 0.190. The molecule has 0 aliphatic heterocycles. The molecule has 27 heavy (non-hydrogen) atoms. The van der Waals surface area contributed by atoms with Crippen LogP contribution < -0.4 is 10.0 Å². The molecule has 0 saturated heterocycles. The maximum absolute atomic E-state index is 12.9. The van der Waals surface area contributed by atoms with Crippen molar-refractivity contribution in [2.75, 3.05) is 16.7 Å². The Labute approximate surface area is 160 Å². The van der Waals surface area contributed by atoms with Crippen molar-refractivity contribution in [3.63, 3.8) is 0 Å². The predicted octanol–water partition coefficient (Wildman–Crippen LogP) is 4.91. The van der Waals surface area contributed by atoms with E-state index in [1.54, 1.807) is 38.1 Å². The average Bonchev–Trinajstić information content (AvgIpc) is 2.68. The molecule has 140 valence electrons. The monoisotopic (exact) mass is 384 g/mol. The number of hydrogen-bond acceptors (Lipinski definition) is 2. The summed E-state index contributed by atoms with van der Waals surface area (Å²) in [6, 6.07) is 20.3. The van der Waals surface area contributed by atoms with Crippen LogP contribution in [0.3, 0.4) is 0 Å². The molecule has 1 unspecified atom stereocenters. The first-order valence-electron chi connectivity index (χ1n) is 8.54. The summed E-state index contributed by atoms with van der Waals surface area (Å²) < 4.78 is 28.6. The van der Waals surface area contributed by atoms with E-state index in [9.17, 15) is 13.4 Å². The van der Waals surface area contributed by atoms with Gasteiger partial charge < -0.3 is 10.0 Å². The minimum Gasteiger partial charge on any atom is -0.326 e. The number of carbonyl (C=O) groups is 1. The SMILES string of the molecule is CC(C)(CF)C(=O)Nc1ccc(NS(=O)c2cccc3ccccc23)cc1. The summed E-state index contributed by atoms with van der Waals surface area (Å²) in [5.41, 5.74) is 0.138. The molecule has 4 nitrogen and oxygen atoms in total. The molecule has 0 spiro atoms. The van der Waals surface area contributed by atoms with E-state index < -0.39 is 23.1 Å². The molecular formula is C21H21FN2O2S. The minimum atomic E-state index is -1.43. The first-order valence-corrected chi connectivity index (χ1v) is 9.69. The van der Waals surface area contributed by atoms with Crippen LogP contribution in [0.4, 0.5) is 15.8 Å². The predicted molar refractivity (Wildman–Crippen MR) is 109 cm³/mol. The molecule has 6 heteroatoms. The van der Waals surface area contributed by atoms with Crippen LogP contribution >= 0.6 is 0 Å². The van der Waals surface area contributed by atoms with E-state index in [0.29, 0.717) is 16.3 Å². The molecule has 3 aromatic carbocycles. The maximum Gasteiger partial charge on any atom is 0.232 e. The van der Waals surface area contributed by atoms with Gasteiger partial charge in [-0.05, 0) is 55.0 Å². The van der Waals surface area contributed by atoms with Gasteiger partial charge in [0.1, 0.15) is 6.67 Å². The van der Waals surface area contributed by atoms with Gasteiger partial charge in [0.2, 0.25) is 5.91 Å². The summed E-state index contributed by atoms with van der Waals surface area (Å²) in [6.45, 7) is 2.36. The molecule has 2 N–H and O–H groups in total. The molecule has 0 bridgehead atoms. The zero-order valence-electron chi connectivity index (χ0n) is 15.2. The van der Waals surface area contributed by atoms with E-state index in [1.807, 2.05) is 42.5 Å². The van der Waals surface area contributed by atoms with Gasteiger partial charge in [-0.3, -0.25) is 4.79 Å². The summed E-state index contributed by atoms with van der Waals surface area (Å²) in [5, 5.41) is 4.65. The number of amides is 1. The second-order valence-electron chi connectivity index (χ2n) is 6.90. The summed E-state index contributed by atoms with van der Waals surface area (Å²) in [4.78, 5) is 12.7. The number of fused-ring (bicyclic) bond motifs is 1. The largest absolute Gasteiger partial charge is 0.326 e. The normalized spacial score (nSPS) is 12.6. The Morgan fingerprint density at radius 2 is 1.59 bits per heavy atom. The number of hydrogen-bond donors (Lipinski definition) is 2. The number of benzene rings is 3. The highest BCUT2D eigenvalue weighted by atomic mass is 32.2. The first kappa shape index (κ1) is 19.0. The van der Waals surface area contributed by atoms with E-state index in [0.717, 1.165) is 10.8 Å². The average molecular weight is 384 g/mol. The highest BCUT2D eigenvalue weighted by molar-refractivity contribution is 7.86. The van der Waals surface area contributed by atoms with Crippen molar-refractivity contribution in [3.8, 4) is 0 Å². The molecule has 0 aliphatic rings. The lowest BCUT2D eigenvalue weighted by molar-refractivity contribution is -0.124. The number of alkyl halides is 1. The van der Waals surface area contributed by atoms with Crippen molar-refractivity contribution in [2.24, 2.45) is 5.41 Å². The van der Waals surface area contributed by atoms with Crippen molar-refractivity contribution in [3.05, 3.63) is 66.7 Å². The van der Waals surface area contributed by atoms with Crippen LogP contribution in [0.25, 0.3) is 10.8 Å². The van der Waals surface area contributed by atoms with Gasteiger partial charge in [0.05, 0.1) is 10.3 Å². The van der Waals surface area contributed by atoms with Gasteiger partial charge in [0.25, 0.3) is 0 Å². The van der Waals surface area contributed by atoms with Gasteiger partial charge in [0.15, 0.2) is 11.0 Å². The molecule has 0 radical (unpaired) electrons. The summed E-state index contributed by atoms with van der Waals surface area (Å²) in [5.74, 6) is -0.384. The zero-order valence-corrected chi connectivity index (χ0v) is 16.0. The third kappa shape index (κ3) is 4.34. The number of carbonyl (C=O) groups excluding carboxylic acids is 1. The van der Waals surface area contributed by atoms with E-state index >= 15 is 0 Å². The zero-order chi connectivity index (χ0) is 19.4. The number of nitrogens with one attached hydrogen (secondary N) is 2. The Hall–Kier alpha value is -2.73. The first-order chi connectivity index (χ1) is 12.9. The van der Waals surface area contributed by atoms with Gasteiger partial charge >= 0.3 is 0 Å². The van der Waals surface area contributed by atoms with Crippen LogP contribution in [-0.2, 0) is 15.8 Å². The summed E-state index contributed by atoms with van der Waals surface area (Å²) >= 11 is 0. The van der Waals surface area contributed by atoms with E-state index in [-0.39, 0.29) is 5.91 Å². The molecule has 0 aliphatic carbocycles. The highest BCUT2D eigenvalue weighted by Crippen LogP contribution is 2.24. The van der Waals surface area contributed by atoms with Crippen LogP contribution in [0.5, 0.6) is 0 Å². The van der Waals surface area contributed by atoms with Gasteiger partial charge in [-0.2, -0.15) is 0 Å². The molecule has 3 rings (SSSR count). The Kier molecular flexibility index (Phi) is 5.56. The Bertz CT molecular complexity index is 982. The summed E-state index contributed by atoms with van der Waals surface area (Å²) in [7, 11) is -1.43. The van der Waals surface area contributed by atoms with Crippen LogP contribution in [0.15, 0.2) is 71.6 Å². The molecule has 3 aromatic rings. The quantitative estimate of drug-likeness (QED) is 0.634. The smallest absolute Gasteiger partial charge is 0.232 e. The molecule has 0 saturated carbocycles. The van der Waals surface area contributed by atoms with Gasteiger partial charge in [-0.1, -0.05) is 36.4 Å². The standard InChI is InChI=1S/C21H21FN2O2S/c1-21(2,14-22)20(25)23-16-10-12-17(13-11-16)24-27(26)19-9-5-7-15-6-3-4-8-18(15)19/h3-13,24H,14H2,1-2H3,(H,23,25). The van der Waals surface area contributed by atoms with Gasteiger partial charge in [0, 0.05) is 11.4 Å². The molecular weight excluding hydrogens is 363 g/mol. The second kappa shape index (κ2) is 7.88. The highest BCUT2D eigenvalue weighted by Gasteiger charge is 2.27. The maximum atomic E-state index is 12.9. The van der Waals surface area contributed by atoms with E-state index in [1.165, 1.54) is 0 Å². The van der Waals surface area contributed by atoms with Gasteiger partial charge in [-0.25, -0.2) is 8.60 Å². The van der Waals surface area contributed by atoms with E-state index in [2.05, 4.69) is 10.0 Å². The molecule has 1 atom stereocenters. The lowest BCUT2D eigenvalue weighted by Crippen LogP contribution is -2.32. The third-order valence-corrected chi connectivity index (χ3v) is 5.43. The number of halogens is 1. The van der Waals surface area contributed by atoms with Crippen LogP contribution in [-0.4, -0.2) is 16.8 Å². The van der Waals surface area contributed by atoms with Gasteiger partial charge in [-0.15, -0.1) is 0 Å². The lowest BCUT2D eigenvalue weighted by Gasteiger charge is -2.19. The topological polar surface area (TPSA) is 58.2 Å². The van der Waals surface area contributed by atoms with Crippen LogP contribution in [0, 0.1) is 5.41 Å². The van der Waals surface area contributed by atoms with Crippen molar-refractivity contribution < 1.29 is 13.4 Å². The Morgan fingerprint density at radius 1 is 0.963 bits per heavy atom. The second-order valence-corrected chi connectivity index (χ2v) is 8.08. The Morgan fingerprint density at radius 3 is 2.30 bits per heavy atom. The lowest BCUT2D eigenvalue weighted by atomic mass is 9.94. The molecule has 0 fully saturated rings. The molecule has 0 heterocycles. The van der Waals surface area contributed by atoms with Crippen LogP contribution in [0.1, 0.15) is 13.8 Å². The van der Waals surface area contributed by atoms with Crippen molar-refractivity contribution >= 4 is 39.0 Å². The number of rotatable bonds is 6. The minimum absolute atomic E-state index is 0.384. The van der Waals surface area contributed by atoms with Crippen molar-refractivity contribution in [1.29, 1.82) is 0 Å². The summed E-state index contributed by atoms with van der Waals surface area (Å²) in [6.07, 6.45) is 0. The van der Waals surface area contributed by atoms with Crippen LogP contribution in [0.2, 0.25) is 0 Å². The molecule has 1 amide bonds.